The van der Waals surface area contributed by atoms with Crippen molar-refractivity contribution >= 4 is 50.8 Å². The average molecular weight is 643 g/mol. The van der Waals surface area contributed by atoms with Crippen LogP contribution in [0.1, 0.15) is 11.1 Å². The van der Waals surface area contributed by atoms with Crippen LogP contribution >= 0.6 is 23.2 Å². The maximum Gasteiger partial charge on any atom is 0.337 e. The van der Waals surface area contributed by atoms with Gasteiger partial charge >= 0.3 is 5.97 Å². The number of nitrogens with zero attached hydrogens (tertiary/aromatic N) is 3. The van der Waals surface area contributed by atoms with E-state index in [1.807, 2.05) is 61.5 Å². The Kier molecular flexibility index (Phi) is 7.75. The lowest BCUT2D eigenvalue weighted by atomic mass is 9.94. The molecule has 0 saturated heterocycles. The normalized spacial score (nSPS) is 16.1. The van der Waals surface area contributed by atoms with Gasteiger partial charge in [0.05, 0.1) is 18.5 Å². The number of aromatic nitrogens is 2. The van der Waals surface area contributed by atoms with Crippen LogP contribution in [0, 0.1) is 6.92 Å². The summed E-state index contributed by atoms with van der Waals surface area (Å²) in [6.07, 6.45) is 2.50. The van der Waals surface area contributed by atoms with Gasteiger partial charge in [0, 0.05) is 39.2 Å². The first-order valence-corrected chi connectivity index (χ1v) is 15.8. The van der Waals surface area contributed by atoms with Crippen LogP contribution in [0.3, 0.4) is 0 Å². The van der Waals surface area contributed by atoms with Crippen molar-refractivity contribution in [3.8, 4) is 28.2 Å². The minimum Gasteiger partial charge on any atom is -0.467 e. The first-order valence-electron chi connectivity index (χ1n) is 13.5. The number of rotatable bonds is 7. The molecule has 0 saturated carbocycles. The van der Waals surface area contributed by atoms with Gasteiger partial charge in [0.2, 0.25) is 14.6 Å². The number of carbonyl (C=O) groups excluding carboxylic acids is 1. The predicted molar refractivity (Wildman–Crippen MR) is 174 cm³/mol. The summed E-state index contributed by atoms with van der Waals surface area (Å²) < 4.78 is 35.3. The summed E-state index contributed by atoms with van der Waals surface area (Å²) >= 11 is 12.4. The van der Waals surface area contributed by atoms with E-state index in [1.165, 1.54) is 6.20 Å². The minimum atomic E-state index is -4.73. The van der Waals surface area contributed by atoms with Crippen LogP contribution in [-0.4, -0.2) is 42.2 Å². The van der Waals surface area contributed by atoms with Crippen LogP contribution in [0.15, 0.2) is 119 Å². The Labute approximate surface area is 265 Å². The van der Waals surface area contributed by atoms with E-state index in [0.717, 1.165) is 18.9 Å². The highest BCUT2D eigenvalue weighted by molar-refractivity contribution is 7.95. The van der Waals surface area contributed by atoms with Crippen molar-refractivity contribution in [1.82, 2.24) is 9.78 Å². The monoisotopic (exact) mass is 641 g/mol. The molecular formula is C34H25Cl2N3O4S. The second kappa shape index (κ2) is 11.5. The average Bonchev–Trinajstić information content (AvgIpc) is 3.67. The maximum absolute atomic E-state index is 15.4. The molecule has 6 rings (SSSR count). The zero-order valence-corrected chi connectivity index (χ0v) is 25.9. The summed E-state index contributed by atoms with van der Waals surface area (Å²) in [6.45, 7) is 1.94. The first-order chi connectivity index (χ1) is 21.2. The molecule has 44 heavy (non-hydrogen) atoms. The third-order valence-electron chi connectivity index (χ3n) is 7.48. The Morgan fingerprint density at radius 3 is 1.95 bits per heavy atom. The predicted octanol–water partition coefficient (Wildman–Crippen LogP) is 7.63. The molecule has 1 atom stereocenters. The van der Waals surface area contributed by atoms with Crippen LogP contribution in [0.25, 0.3) is 33.8 Å². The molecule has 4 aromatic carbocycles. The van der Waals surface area contributed by atoms with Crippen molar-refractivity contribution in [3.05, 3.63) is 131 Å². The Hall–Kier alpha value is -4.50. The summed E-state index contributed by atoms with van der Waals surface area (Å²) in [5.41, 5.74) is 3.68. The van der Waals surface area contributed by atoms with Gasteiger partial charge < -0.3 is 4.74 Å². The summed E-state index contributed by atoms with van der Waals surface area (Å²) in [5.74, 6) is -1.01. The van der Waals surface area contributed by atoms with Crippen LogP contribution in [-0.2, 0) is 19.4 Å². The first kappa shape index (κ1) is 29.6. The molecule has 0 N–H and O–H groups in total. The SMILES string of the molecule is COC(=O)C1(S(=O)(=O)c2c(-c3ccc(Cl)cc3)nn(-c3ccccc3)c2-c2ccc(C)cc2)C=NC=C1c1ccc(Cl)cc1. The highest BCUT2D eigenvalue weighted by Crippen LogP contribution is 2.47. The molecule has 7 nitrogen and oxygen atoms in total. The molecule has 2 heterocycles. The Bertz CT molecular complexity index is 2040. The Morgan fingerprint density at radius 2 is 1.36 bits per heavy atom. The van der Waals surface area contributed by atoms with Crippen LogP contribution in [0.2, 0.25) is 10.0 Å². The van der Waals surface area contributed by atoms with Gasteiger partial charge in [-0.1, -0.05) is 95.5 Å². The fraction of sp³-hybridized carbons (Fsp3) is 0.0882. The molecule has 1 aliphatic heterocycles. The van der Waals surface area contributed by atoms with Gasteiger partial charge in [-0.3, -0.25) is 4.99 Å². The highest BCUT2D eigenvalue weighted by Gasteiger charge is 2.58. The lowest BCUT2D eigenvalue weighted by molar-refractivity contribution is -0.140. The highest BCUT2D eigenvalue weighted by atomic mass is 35.5. The molecule has 1 unspecified atom stereocenters. The number of benzene rings is 4. The standard InChI is InChI=1S/C34H25Cl2N3O4S/c1-22-8-10-25(11-9-22)31-32(30(24-14-18-27(36)19-15-24)38-39(31)28-6-4-3-5-7-28)44(41,42)34(33(40)43-2)21-37-20-29(34)23-12-16-26(35)17-13-23/h3-21H,1-2H3. The van der Waals surface area contributed by atoms with Crippen molar-refractivity contribution in [2.45, 2.75) is 16.6 Å². The van der Waals surface area contributed by atoms with Crippen molar-refractivity contribution in [3.63, 3.8) is 0 Å². The fourth-order valence-corrected chi connectivity index (χ4v) is 7.68. The molecule has 0 spiro atoms. The number of esters is 1. The number of aliphatic imine (C=N–C) groups is 1. The second-order valence-corrected chi connectivity index (χ2v) is 13.1. The summed E-state index contributed by atoms with van der Waals surface area (Å²) in [7, 11) is -3.57. The quantitative estimate of drug-likeness (QED) is 0.170. The van der Waals surface area contributed by atoms with Gasteiger partial charge in [0.25, 0.3) is 0 Å². The molecule has 10 heteroatoms. The lowest BCUT2D eigenvalue weighted by Crippen LogP contribution is -2.48. The molecular weight excluding hydrogens is 617 g/mol. The number of aryl methyl sites for hydroxylation is 1. The van der Waals surface area contributed by atoms with Gasteiger partial charge in [-0.25, -0.2) is 17.9 Å². The van der Waals surface area contributed by atoms with E-state index in [2.05, 4.69) is 4.99 Å². The number of halogens is 2. The van der Waals surface area contributed by atoms with E-state index in [0.29, 0.717) is 32.4 Å². The van der Waals surface area contributed by atoms with Crippen LogP contribution < -0.4 is 0 Å². The van der Waals surface area contributed by atoms with Crippen molar-refractivity contribution < 1.29 is 17.9 Å². The van der Waals surface area contributed by atoms with E-state index >= 15 is 8.42 Å². The fourth-order valence-electron chi connectivity index (χ4n) is 5.28. The van der Waals surface area contributed by atoms with E-state index in [1.54, 1.807) is 53.2 Å². The second-order valence-electron chi connectivity index (χ2n) is 10.2. The van der Waals surface area contributed by atoms with E-state index in [9.17, 15) is 4.79 Å². The lowest BCUT2D eigenvalue weighted by Gasteiger charge is -2.27. The van der Waals surface area contributed by atoms with Crippen molar-refractivity contribution in [1.29, 1.82) is 0 Å². The van der Waals surface area contributed by atoms with E-state index < -0.39 is 20.6 Å². The summed E-state index contributed by atoms with van der Waals surface area (Å²) in [5, 5.41) is 5.83. The van der Waals surface area contributed by atoms with Crippen molar-refractivity contribution in [2.24, 2.45) is 4.99 Å². The Balaban J connectivity index is 1.74. The smallest absolute Gasteiger partial charge is 0.337 e. The molecule has 0 bridgehead atoms. The van der Waals surface area contributed by atoms with Crippen LogP contribution in [0.5, 0.6) is 0 Å². The molecule has 0 fully saturated rings. The van der Waals surface area contributed by atoms with E-state index in [4.69, 9.17) is 33.0 Å². The number of sulfone groups is 1. The number of carbonyl (C=O) groups is 1. The topological polar surface area (TPSA) is 90.6 Å². The summed E-state index contributed by atoms with van der Waals surface area (Å²) in [4.78, 5) is 17.9. The Morgan fingerprint density at radius 1 is 0.795 bits per heavy atom. The molecule has 5 aromatic rings. The van der Waals surface area contributed by atoms with Gasteiger partial charge in [-0.2, -0.15) is 5.10 Å². The van der Waals surface area contributed by atoms with E-state index in [-0.39, 0.29) is 21.9 Å². The zero-order chi connectivity index (χ0) is 31.1. The third kappa shape index (κ3) is 4.85. The maximum atomic E-state index is 15.4. The number of ether oxygens (including phenoxy) is 1. The number of hydrogen-bond acceptors (Lipinski definition) is 6. The number of para-hydroxylation sites is 1. The molecule has 1 aromatic heterocycles. The summed E-state index contributed by atoms with van der Waals surface area (Å²) in [6, 6.07) is 29.9. The van der Waals surface area contributed by atoms with Crippen molar-refractivity contribution in [2.75, 3.05) is 7.11 Å². The van der Waals surface area contributed by atoms with Gasteiger partial charge in [-0.05, 0) is 48.9 Å². The minimum absolute atomic E-state index is 0.130. The van der Waals surface area contributed by atoms with Gasteiger partial charge in [-0.15, -0.1) is 0 Å². The third-order valence-corrected chi connectivity index (χ3v) is 10.2. The molecule has 220 valence electrons. The molecule has 0 amide bonds. The molecule has 1 aliphatic rings. The zero-order valence-electron chi connectivity index (χ0n) is 23.6. The number of hydrogen-bond donors (Lipinski definition) is 0. The van der Waals surface area contributed by atoms with Gasteiger partial charge in [0.15, 0.2) is 0 Å². The molecule has 0 radical (unpaired) electrons. The van der Waals surface area contributed by atoms with Gasteiger partial charge in [0.1, 0.15) is 10.6 Å². The molecule has 0 aliphatic carbocycles. The number of methoxy groups -OCH3 is 1. The largest absolute Gasteiger partial charge is 0.467 e. The van der Waals surface area contributed by atoms with Crippen LogP contribution in [0.4, 0.5) is 0 Å².